The predicted molar refractivity (Wildman–Crippen MR) is 93.0 cm³/mol. The number of aryl methyl sites for hydroxylation is 1. The molecule has 0 saturated heterocycles. The average Bonchev–Trinajstić information content (AvgIpc) is 2.90. The molecule has 1 atom stereocenters. The van der Waals surface area contributed by atoms with E-state index in [0.29, 0.717) is 11.0 Å². The van der Waals surface area contributed by atoms with Gasteiger partial charge in [-0.15, -0.1) is 11.3 Å². The van der Waals surface area contributed by atoms with Crippen LogP contribution in [0, 0.1) is 6.92 Å². The SMILES string of the molecule is Cc1ccc(N(C)C(C)Cc2cccs2)c(C(N)=S)c1. The summed E-state index contributed by atoms with van der Waals surface area (Å²) in [4.78, 5) is 4.11. The summed E-state index contributed by atoms with van der Waals surface area (Å²) in [5.74, 6) is 0. The first-order chi connectivity index (χ1) is 9.49. The minimum Gasteiger partial charge on any atom is -0.389 e. The van der Waals surface area contributed by atoms with Crippen LogP contribution in [0.15, 0.2) is 35.7 Å². The van der Waals surface area contributed by atoms with E-state index in [-0.39, 0.29) is 0 Å². The second-order valence-electron chi connectivity index (χ2n) is 5.13. The third-order valence-corrected chi connectivity index (χ3v) is 4.65. The van der Waals surface area contributed by atoms with Crippen molar-refractivity contribution in [3.8, 4) is 0 Å². The van der Waals surface area contributed by atoms with Gasteiger partial charge in [0.05, 0.1) is 0 Å². The van der Waals surface area contributed by atoms with Crippen molar-refractivity contribution in [3.05, 3.63) is 51.7 Å². The fourth-order valence-corrected chi connectivity index (χ4v) is 3.24. The van der Waals surface area contributed by atoms with Crippen LogP contribution in [-0.4, -0.2) is 18.1 Å². The molecule has 2 nitrogen and oxygen atoms in total. The molecule has 1 heterocycles. The van der Waals surface area contributed by atoms with E-state index in [1.54, 1.807) is 11.3 Å². The summed E-state index contributed by atoms with van der Waals surface area (Å²) < 4.78 is 0. The van der Waals surface area contributed by atoms with E-state index >= 15 is 0 Å². The molecule has 0 amide bonds. The molecule has 0 spiro atoms. The highest BCUT2D eigenvalue weighted by Gasteiger charge is 2.15. The molecule has 0 aliphatic heterocycles. The molecule has 0 bridgehead atoms. The van der Waals surface area contributed by atoms with Crippen LogP contribution in [0.25, 0.3) is 0 Å². The van der Waals surface area contributed by atoms with Crippen LogP contribution in [0.1, 0.15) is 22.9 Å². The highest BCUT2D eigenvalue weighted by atomic mass is 32.1. The van der Waals surface area contributed by atoms with Crippen molar-refractivity contribution in [2.24, 2.45) is 5.73 Å². The molecule has 1 unspecified atom stereocenters. The Morgan fingerprint density at radius 3 is 2.75 bits per heavy atom. The van der Waals surface area contributed by atoms with Crippen molar-refractivity contribution in [2.75, 3.05) is 11.9 Å². The number of thiocarbonyl (C=S) groups is 1. The van der Waals surface area contributed by atoms with Gasteiger partial charge in [0, 0.05) is 35.6 Å². The van der Waals surface area contributed by atoms with Gasteiger partial charge in [-0.25, -0.2) is 0 Å². The van der Waals surface area contributed by atoms with Gasteiger partial charge in [-0.05, 0) is 37.4 Å². The van der Waals surface area contributed by atoms with Crippen molar-refractivity contribution in [1.29, 1.82) is 0 Å². The molecule has 0 aliphatic carbocycles. The number of nitrogens with two attached hydrogens (primary N) is 1. The molecule has 2 rings (SSSR count). The zero-order valence-corrected chi connectivity index (χ0v) is 13.7. The molecule has 20 heavy (non-hydrogen) atoms. The maximum absolute atomic E-state index is 5.86. The van der Waals surface area contributed by atoms with Gasteiger partial charge in [0.1, 0.15) is 4.99 Å². The topological polar surface area (TPSA) is 29.3 Å². The Morgan fingerprint density at radius 2 is 2.15 bits per heavy atom. The summed E-state index contributed by atoms with van der Waals surface area (Å²) >= 11 is 6.98. The van der Waals surface area contributed by atoms with Crippen molar-refractivity contribution in [1.82, 2.24) is 0 Å². The van der Waals surface area contributed by atoms with Gasteiger partial charge in [-0.2, -0.15) is 0 Å². The van der Waals surface area contributed by atoms with E-state index in [1.807, 2.05) is 0 Å². The molecule has 2 aromatic rings. The fraction of sp³-hybridized carbons (Fsp3) is 0.312. The summed E-state index contributed by atoms with van der Waals surface area (Å²) in [5, 5.41) is 2.12. The molecule has 1 aromatic heterocycles. The van der Waals surface area contributed by atoms with Gasteiger partial charge in [-0.1, -0.05) is 29.9 Å². The maximum Gasteiger partial charge on any atom is 0.106 e. The molecule has 0 fully saturated rings. The zero-order chi connectivity index (χ0) is 14.7. The second-order valence-corrected chi connectivity index (χ2v) is 6.60. The second kappa shape index (κ2) is 6.37. The zero-order valence-electron chi connectivity index (χ0n) is 12.1. The van der Waals surface area contributed by atoms with E-state index in [9.17, 15) is 0 Å². The predicted octanol–water partition coefficient (Wildman–Crippen LogP) is 3.76. The number of anilines is 1. The van der Waals surface area contributed by atoms with Gasteiger partial charge >= 0.3 is 0 Å². The Bertz CT molecular complexity index is 591. The Balaban J connectivity index is 2.24. The minimum absolute atomic E-state index is 0.393. The first-order valence-corrected chi connectivity index (χ1v) is 7.93. The quantitative estimate of drug-likeness (QED) is 0.853. The Labute approximate surface area is 130 Å². The number of hydrogen-bond donors (Lipinski definition) is 1. The van der Waals surface area contributed by atoms with Crippen LogP contribution in [0.3, 0.4) is 0 Å². The third-order valence-electron chi connectivity index (χ3n) is 3.54. The third kappa shape index (κ3) is 3.38. The number of nitrogens with zero attached hydrogens (tertiary/aromatic N) is 1. The van der Waals surface area contributed by atoms with E-state index < -0.39 is 0 Å². The summed E-state index contributed by atoms with van der Waals surface area (Å²) in [6.07, 6.45) is 1.03. The summed E-state index contributed by atoms with van der Waals surface area (Å²) in [5.41, 5.74) is 9.10. The number of rotatable bonds is 5. The van der Waals surface area contributed by atoms with Crippen LogP contribution in [-0.2, 0) is 6.42 Å². The maximum atomic E-state index is 5.86. The standard InChI is InChI=1S/C16H20N2S2/c1-11-6-7-15(14(9-11)16(17)19)18(3)12(2)10-13-5-4-8-20-13/h4-9,12H,10H2,1-3H3,(H2,17,19). The monoisotopic (exact) mass is 304 g/mol. The smallest absolute Gasteiger partial charge is 0.106 e. The van der Waals surface area contributed by atoms with Gasteiger partial charge in [-0.3, -0.25) is 0 Å². The van der Waals surface area contributed by atoms with Crippen molar-refractivity contribution in [2.45, 2.75) is 26.3 Å². The lowest BCUT2D eigenvalue weighted by atomic mass is 10.1. The van der Waals surface area contributed by atoms with Crippen LogP contribution < -0.4 is 10.6 Å². The van der Waals surface area contributed by atoms with Gasteiger partial charge in [0.15, 0.2) is 0 Å². The van der Waals surface area contributed by atoms with Gasteiger partial charge in [0.25, 0.3) is 0 Å². The van der Waals surface area contributed by atoms with E-state index in [4.69, 9.17) is 18.0 Å². The van der Waals surface area contributed by atoms with Crippen LogP contribution in [0.2, 0.25) is 0 Å². The number of benzene rings is 1. The molecule has 0 saturated carbocycles. The van der Waals surface area contributed by atoms with E-state index in [0.717, 1.165) is 17.7 Å². The number of thiophene rings is 1. The van der Waals surface area contributed by atoms with E-state index in [1.165, 1.54) is 10.4 Å². The summed E-state index contributed by atoms with van der Waals surface area (Å²) in [6.45, 7) is 4.28. The van der Waals surface area contributed by atoms with Crippen molar-refractivity contribution >= 4 is 34.2 Å². The lowest BCUT2D eigenvalue weighted by Crippen LogP contribution is -2.32. The minimum atomic E-state index is 0.393. The molecular formula is C16H20N2S2. The van der Waals surface area contributed by atoms with Crippen LogP contribution in [0.4, 0.5) is 5.69 Å². The average molecular weight is 304 g/mol. The van der Waals surface area contributed by atoms with Crippen molar-refractivity contribution in [3.63, 3.8) is 0 Å². The molecule has 0 aliphatic rings. The molecule has 4 heteroatoms. The Kier molecular flexibility index (Phi) is 4.78. The van der Waals surface area contributed by atoms with Gasteiger partial charge in [0.2, 0.25) is 0 Å². The Morgan fingerprint density at radius 1 is 1.40 bits per heavy atom. The molecule has 1 aromatic carbocycles. The number of likely N-dealkylation sites (N-methyl/N-ethyl adjacent to an activating group) is 1. The molecule has 0 radical (unpaired) electrons. The molecule has 106 valence electrons. The Hall–Kier alpha value is -1.39. The summed E-state index contributed by atoms with van der Waals surface area (Å²) in [7, 11) is 2.10. The molecular weight excluding hydrogens is 284 g/mol. The largest absolute Gasteiger partial charge is 0.389 e. The van der Waals surface area contributed by atoms with Crippen molar-refractivity contribution < 1.29 is 0 Å². The highest BCUT2D eigenvalue weighted by Crippen LogP contribution is 2.24. The first kappa shape index (κ1) is 15.0. The first-order valence-electron chi connectivity index (χ1n) is 6.64. The van der Waals surface area contributed by atoms with Crippen LogP contribution >= 0.6 is 23.6 Å². The number of hydrogen-bond acceptors (Lipinski definition) is 3. The van der Waals surface area contributed by atoms with E-state index in [2.05, 4.69) is 61.5 Å². The fourth-order valence-electron chi connectivity index (χ4n) is 2.25. The normalized spacial score (nSPS) is 12.2. The lowest BCUT2D eigenvalue weighted by Gasteiger charge is -2.29. The lowest BCUT2D eigenvalue weighted by molar-refractivity contribution is 0.688. The molecule has 2 N–H and O–H groups in total. The highest BCUT2D eigenvalue weighted by molar-refractivity contribution is 7.80. The van der Waals surface area contributed by atoms with Gasteiger partial charge < -0.3 is 10.6 Å². The van der Waals surface area contributed by atoms with Crippen LogP contribution in [0.5, 0.6) is 0 Å². The summed E-state index contributed by atoms with van der Waals surface area (Å²) in [6, 6.07) is 10.9.